The summed E-state index contributed by atoms with van der Waals surface area (Å²) in [5, 5.41) is 12.3. The first-order valence-electron chi connectivity index (χ1n) is 6.96. The number of ether oxygens (including phenoxy) is 1. The molecule has 0 radical (unpaired) electrons. The maximum atomic E-state index is 11.1. The summed E-state index contributed by atoms with van der Waals surface area (Å²) >= 11 is 0. The molecule has 1 aliphatic rings. The Hall–Kier alpha value is -0.650. The highest BCUT2D eigenvalue weighted by atomic mass is 16.5. The second-order valence-corrected chi connectivity index (χ2v) is 4.75. The second kappa shape index (κ2) is 8.45. The van der Waals surface area contributed by atoms with Crippen molar-refractivity contribution in [1.82, 2.24) is 10.2 Å². The van der Waals surface area contributed by atoms with Gasteiger partial charge in [0.25, 0.3) is 0 Å². The number of likely N-dealkylation sites (N-methyl/N-ethyl adjacent to an activating group) is 1. The highest BCUT2D eigenvalue weighted by Gasteiger charge is 2.28. The fourth-order valence-corrected chi connectivity index (χ4v) is 1.89. The quantitative estimate of drug-likeness (QED) is 0.540. The van der Waals surface area contributed by atoms with E-state index in [2.05, 4.69) is 17.1 Å². The minimum absolute atomic E-state index is 0.404. The van der Waals surface area contributed by atoms with Crippen molar-refractivity contribution in [2.45, 2.75) is 45.2 Å². The highest BCUT2D eigenvalue weighted by Crippen LogP contribution is 2.20. The zero-order valence-electron chi connectivity index (χ0n) is 11.5. The van der Waals surface area contributed by atoms with Crippen molar-refractivity contribution in [3.63, 3.8) is 0 Å². The van der Waals surface area contributed by atoms with Crippen molar-refractivity contribution >= 4 is 5.97 Å². The van der Waals surface area contributed by atoms with Crippen molar-refractivity contribution in [2.24, 2.45) is 0 Å². The van der Waals surface area contributed by atoms with Gasteiger partial charge in [0.2, 0.25) is 0 Å². The summed E-state index contributed by atoms with van der Waals surface area (Å²) < 4.78 is 5.32. The Morgan fingerprint density at radius 1 is 1.44 bits per heavy atom. The maximum Gasteiger partial charge on any atom is 0.320 e. The normalized spacial score (nSPS) is 17.1. The Kier molecular flexibility index (Phi) is 7.23. The molecular formula is C13H26N2O3. The third-order valence-corrected chi connectivity index (χ3v) is 3.25. The molecule has 2 N–H and O–H groups in total. The summed E-state index contributed by atoms with van der Waals surface area (Å²) in [6.07, 6.45) is 2.89. The summed E-state index contributed by atoms with van der Waals surface area (Å²) in [6, 6.07) is 0.0308. The van der Waals surface area contributed by atoms with E-state index in [1.54, 1.807) is 0 Å². The molecule has 0 heterocycles. The number of carbonyl (C=O) groups is 1. The second-order valence-electron chi connectivity index (χ2n) is 4.75. The van der Waals surface area contributed by atoms with Crippen LogP contribution in [0.2, 0.25) is 0 Å². The standard InChI is InChI=1S/C13H26N2O3/c1-3-15(9-10-18-4-2)8-7-12(13(16)17)14-11-5-6-11/h11-12,14H,3-10H2,1-2H3,(H,16,17). The first kappa shape index (κ1) is 15.4. The fraction of sp³-hybridized carbons (Fsp3) is 0.923. The number of nitrogens with one attached hydrogen (secondary N) is 1. The van der Waals surface area contributed by atoms with Gasteiger partial charge in [-0.25, -0.2) is 0 Å². The smallest absolute Gasteiger partial charge is 0.320 e. The van der Waals surface area contributed by atoms with Crippen LogP contribution >= 0.6 is 0 Å². The van der Waals surface area contributed by atoms with Gasteiger partial charge in [-0.1, -0.05) is 6.92 Å². The number of carboxylic acid groups (broad SMARTS) is 1. The molecule has 1 saturated carbocycles. The minimum Gasteiger partial charge on any atom is -0.480 e. The van der Waals surface area contributed by atoms with Gasteiger partial charge in [-0.2, -0.15) is 0 Å². The van der Waals surface area contributed by atoms with Crippen LogP contribution in [0.3, 0.4) is 0 Å². The van der Waals surface area contributed by atoms with Gasteiger partial charge in [-0.05, 0) is 32.7 Å². The number of hydrogen-bond acceptors (Lipinski definition) is 4. The number of carboxylic acids is 1. The molecule has 5 nitrogen and oxygen atoms in total. The Morgan fingerprint density at radius 2 is 2.17 bits per heavy atom. The van der Waals surface area contributed by atoms with Gasteiger partial charge in [0, 0.05) is 25.7 Å². The molecule has 0 aromatic rings. The number of hydrogen-bond donors (Lipinski definition) is 2. The van der Waals surface area contributed by atoms with Crippen molar-refractivity contribution in [3.8, 4) is 0 Å². The Bertz CT molecular complexity index is 244. The van der Waals surface area contributed by atoms with E-state index in [1.165, 1.54) is 0 Å². The topological polar surface area (TPSA) is 61.8 Å². The number of rotatable bonds is 11. The molecule has 1 unspecified atom stereocenters. The van der Waals surface area contributed by atoms with Crippen LogP contribution < -0.4 is 5.32 Å². The largest absolute Gasteiger partial charge is 0.480 e. The average Bonchev–Trinajstić information content (AvgIpc) is 3.15. The SMILES string of the molecule is CCOCCN(CC)CCC(NC1CC1)C(=O)O. The van der Waals surface area contributed by atoms with Crippen molar-refractivity contribution < 1.29 is 14.6 Å². The van der Waals surface area contributed by atoms with Gasteiger partial charge in [0.1, 0.15) is 6.04 Å². The molecule has 0 aromatic heterocycles. The summed E-state index contributed by atoms with van der Waals surface area (Å²) in [6.45, 7) is 8.15. The molecule has 1 atom stereocenters. The maximum absolute atomic E-state index is 11.1. The molecule has 0 aromatic carbocycles. The minimum atomic E-state index is -0.734. The number of nitrogens with zero attached hydrogens (tertiary/aromatic N) is 1. The molecule has 106 valence electrons. The molecule has 0 spiro atoms. The highest BCUT2D eigenvalue weighted by molar-refractivity contribution is 5.73. The monoisotopic (exact) mass is 258 g/mol. The van der Waals surface area contributed by atoms with Crippen LogP contribution in [0.4, 0.5) is 0 Å². The van der Waals surface area contributed by atoms with Gasteiger partial charge < -0.3 is 20.1 Å². The van der Waals surface area contributed by atoms with E-state index in [9.17, 15) is 4.79 Å². The molecule has 1 aliphatic carbocycles. The van der Waals surface area contributed by atoms with Crippen LogP contribution in [-0.2, 0) is 9.53 Å². The van der Waals surface area contributed by atoms with Gasteiger partial charge in [0.05, 0.1) is 6.61 Å². The van der Waals surface area contributed by atoms with Crippen LogP contribution in [0.1, 0.15) is 33.1 Å². The zero-order chi connectivity index (χ0) is 13.4. The number of aliphatic carboxylic acids is 1. The Balaban J connectivity index is 2.22. The van der Waals surface area contributed by atoms with Crippen molar-refractivity contribution in [1.29, 1.82) is 0 Å². The van der Waals surface area contributed by atoms with E-state index in [-0.39, 0.29) is 0 Å². The molecule has 0 bridgehead atoms. The zero-order valence-corrected chi connectivity index (χ0v) is 11.5. The summed E-state index contributed by atoms with van der Waals surface area (Å²) in [5.41, 5.74) is 0. The lowest BCUT2D eigenvalue weighted by Crippen LogP contribution is -2.41. The Labute approximate surface area is 109 Å². The van der Waals surface area contributed by atoms with Crippen molar-refractivity contribution in [2.75, 3.05) is 32.8 Å². The Morgan fingerprint density at radius 3 is 2.67 bits per heavy atom. The molecule has 1 rings (SSSR count). The van der Waals surface area contributed by atoms with E-state index in [0.717, 1.165) is 45.7 Å². The van der Waals surface area contributed by atoms with E-state index < -0.39 is 12.0 Å². The van der Waals surface area contributed by atoms with E-state index >= 15 is 0 Å². The molecule has 5 heteroatoms. The molecule has 0 aliphatic heterocycles. The van der Waals surface area contributed by atoms with Crippen LogP contribution in [-0.4, -0.2) is 60.9 Å². The predicted octanol–water partition coefficient (Wildman–Crippen LogP) is 0.940. The fourth-order valence-electron chi connectivity index (χ4n) is 1.89. The summed E-state index contributed by atoms with van der Waals surface area (Å²) in [4.78, 5) is 13.4. The molecular weight excluding hydrogens is 232 g/mol. The first-order chi connectivity index (χ1) is 8.67. The predicted molar refractivity (Wildman–Crippen MR) is 70.8 cm³/mol. The molecule has 0 amide bonds. The van der Waals surface area contributed by atoms with Crippen LogP contribution in [0.5, 0.6) is 0 Å². The first-order valence-corrected chi connectivity index (χ1v) is 6.96. The molecule has 1 fully saturated rings. The third kappa shape index (κ3) is 6.33. The lowest BCUT2D eigenvalue weighted by molar-refractivity contribution is -0.139. The lowest BCUT2D eigenvalue weighted by Gasteiger charge is -2.22. The summed E-state index contributed by atoms with van der Waals surface area (Å²) in [5.74, 6) is -0.734. The van der Waals surface area contributed by atoms with Gasteiger partial charge in [-0.15, -0.1) is 0 Å². The average molecular weight is 258 g/mol. The van der Waals surface area contributed by atoms with Crippen LogP contribution in [0.15, 0.2) is 0 Å². The van der Waals surface area contributed by atoms with Gasteiger partial charge in [-0.3, -0.25) is 4.79 Å². The van der Waals surface area contributed by atoms with Crippen LogP contribution in [0.25, 0.3) is 0 Å². The third-order valence-electron chi connectivity index (χ3n) is 3.25. The molecule has 18 heavy (non-hydrogen) atoms. The van der Waals surface area contributed by atoms with Gasteiger partial charge >= 0.3 is 5.97 Å². The summed E-state index contributed by atoms with van der Waals surface area (Å²) in [7, 11) is 0. The van der Waals surface area contributed by atoms with E-state index in [0.29, 0.717) is 12.5 Å². The van der Waals surface area contributed by atoms with E-state index in [1.807, 2.05) is 6.92 Å². The lowest BCUT2D eigenvalue weighted by atomic mass is 10.2. The van der Waals surface area contributed by atoms with Gasteiger partial charge in [0.15, 0.2) is 0 Å². The molecule has 0 saturated heterocycles. The van der Waals surface area contributed by atoms with Crippen LogP contribution in [0, 0.1) is 0 Å². The van der Waals surface area contributed by atoms with E-state index in [4.69, 9.17) is 9.84 Å². The van der Waals surface area contributed by atoms with Crippen molar-refractivity contribution in [3.05, 3.63) is 0 Å².